The van der Waals surface area contributed by atoms with E-state index in [4.69, 9.17) is 5.73 Å². The lowest BCUT2D eigenvalue weighted by atomic mass is 9.86. The van der Waals surface area contributed by atoms with Crippen molar-refractivity contribution in [2.24, 2.45) is 5.92 Å². The molecule has 0 fully saturated rings. The third kappa shape index (κ3) is 4.79. The lowest BCUT2D eigenvalue weighted by Gasteiger charge is -2.41. The van der Waals surface area contributed by atoms with E-state index in [2.05, 4.69) is 0 Å². The van der Waals surface area contributed by atoms with E-state index in [1.165, 1.54) is 6.92 Å². The van der Waals surface area contributed by atoms with Crippen LogP contribution in [0.1, 0.15) is 50.4 Å². The van der Waals surface area contributed by atoms with Gasteiger partial charge in [0.1, 0.15) is 0 Å². The summed E-state index contributed by atoms with van der Waals surface area (Å²) in [6.07, 6.45) is -10.1. The lowest BCUT2D eigenvalue weighted by molar-refractivity contribution is -0.436. The summed E-state index contributed by atoms with van der Waals surface area (Å²) in [6.45, 7) is 4.83. The van der Waals surface area contributed by atoms with Gasteiger partial charge in [0, 0.05) is 5.69 Å². The Morgan fingerprint density at radius 1 is 0.667 bits per heavy atom. The maximum atomic E-state index is 14.5. The van der Waals surface area contributed by atoms with E-state index in [9.17, 15) is 65.9 Å². The number of rotatable bonds is 11. The summed E-state index contributed by atoms with van der Waals surface area (Å²) in [7, 11) is 0. The highest BCUT2D eigenvalue weighted by Gasteiger charge is 2.91. The van der Waals surface area contributed by atoms with E-state index < -0.39 is 59.6 Å². The standard InChI is InChI=1S/C20H20F15N/c1-8(2)6-9(3)11-7-10(4-5-12(11)36)13(21)15(24,25)17(28,29)19(32,33)20(34,35)18(30,31)16(26,27)14(22)23/h4-5,7-9,13-14H,6,36H2,1-3H3. The van der Waals surface area contributed by atoms with Crippen molar-refractivity contribution in [3.05, 3.63) is 29.3 Å². The Labute approximate surface area is 194 Å². The van der Waals surface area contributed by atoms with Gasteiger partial charge in [-0.05, 0) is 35.4 Å². The minimum absolute atomic E-state index is 0.0658. The smallest absolute Gasteiger partial charge is 0.384 e. The first-order valence-corrected chi connectivity index (χ1v) is 9.90. The van der Waals surface area contributed by atoms with E-state index in [1.54, 1.807) is 13.8 Å². The Morgan fingerprint density at radius 3 is 1.47 bits per heavy atom. The molecule has 16 heteroatoms. The number of benzene rings is 1. The highest BCUT2D eigenvalue weighted by molar-refractivity contribution is 5.51. The Morgan fingerprint density at radius 2 is 1.08 bits per heavy atom. The van der Waals surface area contributed by atoms with Crippen LogP contribution in [0.15, 0.2) is 18.2 Å². The number of anilines is 1. The molecule has 210 valence electrons. The summed E-state index contributed by atoms with van der Waals surface area (Å²) in [5.41, 5.74) is 3.78. The van der Waals surface area contributed by atoms with Gasteiger partial charge in [0.05, 0.1) is 0 Å². The first kappa shape index (κ1) is 32.0. The van der Waals surface area contributed by atoms with E-state index in [1.807, 2.05) is 0 Å². The number of hydrogen-bond donors (Lipinski definition) is 1. The number of halogens is 15. The maximum absolute atomic E-state index is 14.5. The van der Waals surface area contributed by atoms with Crippen LogP contribution >= 0.6 is 0 Å². The summed E-state index contributed by atoms with van der Waals surface area (Å²) in [4.78, 5) is 0. The molecule has 36 heavy (non-hydrogen) atoms. The van der Waals surface area contributed by atoms with E-state index in [0.717, 1.165) is 0 Å². The van der Waals surface area contributed by atoms with Gasteiger partial charge in [-0.1, -0.05) is 32.9 Å². The zero-order valence-electron chi connectivity index (χ0n) is 18.5. The molecule has 0 bridgehead atoms. The van der Waals surface area contributed by atoms with Crippen molar-refractivity contribution >= 4 is 5.69 Å². The van der Waals surface area contributed by atoms with Gasteiger partial charge in [0.15, 0.2) is 6.17 Å². The minimum atomic E-state index is -8.20. The Kier molecular flexibility index (Phi) is 8.61. The molecule has 0 saturated heterocycles. The predicted octanol–water partition coefficient (Wildman–Crippen LogP) is 8.51. The fourth-order valence-electron chi connectivity index (χ4n) is 3.33. The van der Waals surface area contributed by atoms with Crippen molar-refractivity contribution in [1.29, 1.82) is 0 Å². The van der Waals surface area contributed by atoms with Crippen LogP contribution in [-0.4, -0.2) is 42.0 Å². The molecular weight excluding hydrogens is 539 g/mol. The Hall–Kier alpha value is -2.03. The fourth-order valence-corrected chi connectivity index (χ4v) is 3.33. The SMILES string of the molecule is CC(C)CC(C)c1cc(C(F)C(F)(F)C(F)(F)C(F)(F)C(F)(F)C(F)(F)C(F)(F)C(F)F)ccc1N. The van der Waals surface area contributed by atoms with Crippen LogP contribution in [0.25, 0.3) is 0 Å². The predicted molar refractivity (Wildman–Crippen MR) is 98.3 cm³/mol. The summed E-state index contributed by atoms with van der Waals surface area (Å²) in [6, 6.07) is 1.44. The van der Waals surface area contributed by atoms with E-state index >= 15 is 0 Å². The van der Waals surface area contributed by atoms with Gasteiger partial charge >= 0.3 is 42.0 Å². The minimum Gasteiger partial charge on any atom is -0.398 e. The largest absolute Gasteiger partial charge is 0.398 e. The Balaban J connectivity index is 3.59. The van der Waals surface area contributed by atoms with Crippen molar-refractivity contribution in [3.63, 3.8) is 0 Å². The Bertz CT molecular complexity index is 910. The number of alkyl halides is 15. The van der Waals surface area contributed by atoms with Gasteiger partial charge in [0.2, 0.25) is 0 Å². The van der Waals surface area contributed by atoms with Crippen LogP contribution < -0.4 is 5.73 Å². The van der Waals surface area contributed by atoms with Crippen molar-refractivity contribution in [3.8, 4) is 0 Å². The molecule has 0 spiro atoms. The second-order valence-electron chi connectivity index (χ2n) is 8.63. The number of nitrogen functional groups attached to an aromatic ring is 1. The molecule has 0 aromatic heterocycles. The molecule has 1 aromatic rings. The first-order valence-electron chi connectivity index (χ1n) is 9.90. The number of hydrogen-bond acceptors (Lipinski definition) is 1. The molecule has 1 rings (SSSR count). The van der Waals surface area contributed by atoms with Gasteiger partial charge in [-0.25, -0.2) is 13.2 Å². The molecule has 1 aromatic carbocycles. The molecule has 2 atom stereocenters. The van der Waals surface area contributed by atoms with Crippen molar-refractivity contribution in [2.75, 3.05) is 5.73 Å². The third-order valence-electron chi connectivity index (χ3n) is 5.37. The maximum Gasteiger partial charge on any atom is 0.384 e. The summed E-state index contributed by atoms with van der Waals surface area (Å²) in [5, 5.41) is 0. The average Bonchev–Trinajstić information content (AvgIpc) is 2.71. The normalized spacial score (nSPS) is 16.6. The average molecular weight is 559 g/mol. The van der Waals surface area contributed by atoms with Crippen molar-refractivity contribution in [2.45, 2.75) is 81.2 Å². The molecule has 0 aliphatic heterocycles. The first-order chi connectivity index (χ1) is 15.8. The van der Waals surface area contributed by atoms with Gasteiger partial charge in [-0.3, -0.25) is 0 Å². The zero-order valence-corrected chi connectivity index (χ0v) is 18.5. The van der Waals surface area contributed by atoms with Crippen LogP contribution in [0.4, 0.5) is 71.5 Å². The lowest BCUT2D eigenvalue weighted by Crippen LogP contribution is -2.72. The molecule has 0 amide bonds. The van der Waals surface area contributed by atoms with E-state index in [-0.39, 0.29) is 23.6 Å². The second-order valence-corrected chi connectivity index (χ2v) is 8.63. The van der Waals surface area contributed by atoms with E-state index in [0.29, 0.717) is 18.2 Å². The highest BCUT2D eigenvalue weighted by atomic mass is 19.4. The molecule has 0 radical (unpaired) electrons. The van der Waals surface area contributed by atoms with Crippen LogP contribution in [0.5, 0.6) is 0 Å². The van der Waals surface area contributed by atoms with Crippen LogP contribution in [0, 0.1) is 5.92 Å². The van der Waals surface area contributed by atoms with Crippen LogP contribution in [0.3, 0.4) is 0 Å². The molecular formula is C20H20F15N. The van der Waals surface area contributed by atoms with Crippen LogP contribution in [-0.2, 0) is 0 Å². The molecule has 2 unspecified atom stereocenters. The van der Waals surface area contributed by atoms with Gasteiger partial charge in [0.25, 0.3) is 0 Å². The fraction of sp³-hybridized carbons (Fsp3) is 0.700. The molecule has 2 N–H and O–H groups in total. The number of nitrogens with two attached hydrogens (primary N) is 1. The van der Waals surface area contributed by atoms with Crippen LogP contribution in [0.2, 0.25) is 0 Å². The summed E-state index contributed by atoms with van der Waals surface area (Å²) >= 11 is 0. The quantitative estimate of drug-likeness (QED) is 0.214. The second kappa shape index (κ2) is 9.69. The van der Waals surface area contributed by atoms with Gasteiger partial charge < -0.3 is 5.73 Å². The van der Waals surface area contributed by atoms with Crippen molar-refractivity contribution in [1.82, 2.24) is 0 Å². The highest BCUT2D eigenvalue weighted by Crippen LogP contribution is 2.62. The zero-order chi connectivity index (χ0) is 28.9. The molecule has 0 saturated carbocycles. The molecule has 0 aliphatic carbocycles. The molecule has 0 heterocycles. The summed E-state index contributed by atoms with van der Waals surface area (Å²) in [5.74, 6) is -47.1. The third-order valence-corrected chi connectivity index (χ3v) is 5.37. The topological polar surface area (TPSA) is 26.0 Å². The van der Waals surface area contributed by atoms with Gasteiger partial charge in [-0.15, -0.1) is 0 Å². The summed E-state index contributed by atoms with van der Waals surface area (Å²) < 4.78 is 203. The molecule has 0 aliphatic rings. The van der Waals surface area contributed by atoms with Crippen molar-refractivity contribution < 1.29 is 65.9 Å². The monoisotopic (exact) mass is 559 g/mol. The van der Waals surface area contributed by atoms with Gasteiger partial charge in [-0.2, -0.15) is 52.7 Å². The molecule has 1 nitrogen and oxygen atoms in total.